The Labute approximate surface area is 279 Å². The molecule has 246 valence electrons. The van der Waals surface area contributed by atoms with Crippen molar-refractivity contribution in [3.63, 3.8) is 0 Å². The third-order valence-electron chi connectivity index (χ3n) is 9.97. The van der Waals surface area contributed by atoms with Gasteiger partial charge in [0, 0.05) is 48.9 Å². The van der Waals surface area contributed by atoms with Crippen molar-refractivity contribution in [2.24, 2.45) is 0 Å². The fraction of sp³-hybridized carbons (Fsp3) is 0.500. The van der Waals surface area contributed by atoms with E-state index in [4.69, 9.17) is 31.0 Å². The van der Waals surface area contributed by atoms with E-state index in [1.165, 1.54) is 7.11 Å². The molecule has 0 bridgehead atoms. The molecular weight excluding hydrogens is 620 g/mol. The van der Waals surface area contributed by atoms with E-state index >= 15 is 0 Å². The number of carbonyl (C=O) groups is 2. The summed E-state index contributed by atoms with van der Waals surface area (Å²) in [5, 5.41) is 15.5. The molecule has 0 radical (unpaired) electrons. The van der Waals surface area contributed by atoms with E-state index < -0.39 is 18.1 Å². The first-order valence-electron chi connectivity index (χ1n) is 16.3. The number of methoxy groups -OCH3 is 1. The number of likely N-dealkylation sites (tertiary alicyclic amines) is 1. The van der Waals surface area contributed by atoms with Gasteiger partial charge in [0.05, 0.1) is 42.9 Å². The molecule has 13 heteroatoms. The average Bonchev–Trinajstić information content (AvgIpc) is 3.79. The molecule has 1 amide bonds. The summed E-state index contributed by atoms with van der Waals surface area (Å²) in [7, 11) is 3.43. The van der Waals surface area contributed by atoms with Gasteiger partial charge in [0.2, 0.25) is 5.91 Å². The van der Waals surface area contributed by atoms with E-state index in [2.05, 4.69) is 57.4 Å². The number of ether oxygens (including phenoxy) is 2. The fourth-order valence-corrected chi connectivity index (χ4v) is 7.58. The number of anilines is 2. The monoisotopic (exact) mass is 658 g/mol. The van der Waals surface area contributed by atoms with Gasteiger partial charge in [0.15, 0.2) is 0 Å². The summed E-state index contributed by atoms with van der Waals surface area (Å²) in [6.07, 6.45) is 3.09. The lowest BCUT2D eigenvalue weighted by Crippen LogP contribution is -2.57. The number of fused-ring (bicyclic) bond motifs is 2. The number of esters is 1. The minimum absolute atomic E-state index is 0.165. The number of rotatable bonds is 8. The van der Waals surface area contributed by atoms with Crippen molar-refractivity contribution in [3.8, 4) is 12.1 Å². The topological polar surface area (TPSA) is 137 Å². The quantitative estimate of drug-likeness (QED) is 0.283. The molecule has 0 aliphatic carbocycles. The van der Waals surface area contributed by atoms with Crippen LogP contribution in [0, 0.1) is 11.3 Å². The maximum Gasteiger partial charge on any atom is 0.325 e. The van der Waals surface area contributed by atoms with Gasteiger partial charge in [0.1, 0.15) is 24.5 Å². The number of benzene rings is 2. The predicted octanol–water partition coefficient (Wildman–Crippen LogP) is 2.76. The van der Waals surface area contributed by atoms with E-state index in [0.29, 0.717) is 56.3 Å². The summed E-state index contributed by atoms with van der Waals surface area (Å²) < 4.78 is 11.1. The van der Waals surface area contributed by atoms with Crippen molar-refractivity contribution in [2.45, 2.75) is 56.4 Å². The highest BCUT2D eigenvalue weighted by Crippen LogP contribution is 2.37. The molecule has 5 heterocycles. The third-order valence-corrected chi connectivity index (χ3v) is 10.3. The summed E-state index contributed by atoms with van der Waals surface area (Å²) in [6.45, 7) is 4.24. The molecule has 4 atom stereocenters. The van der Waals surface area contributed by atoms with Gasteiger partial charge in [-0.1, -0.05) is 35.9 Å². The highest BCUT2D eigenvalue weighted by molar-refractivity contribution is 6.36. The lowest BCUT2D eigenvalue weighted by atomic mass is 10.0. The van der Waals surface area contributed by atoms with Crippen LogP contribution in [0.3, 0.4) is 0 Å². The Morgan fingerprint density at radius 3 is 2.66 bits per heavy atom. The molecule has 47 heavy (non-hydrogen) atoms. The van der Waals surface area contributed by atoms with Crippen LogP contribution in [-0.4, -0.2) is 109 Å². The number of aromatic nitrogens is 2. The maximum atomic E-state index is 13.4. The van der Waals surface area contributed by atoms with Crippen LogP contribution in [0.4, 0.5) is 11.5 Å². The van der Waals surface area contributed by atoms with Crippen molar-refractivity contribution in [1.82, 2.24) is 25.1 Å². The molecule has 3 fully saturated rings. The number of nitrogens with one attached hydrogen (secondary N) is 1. The van der Waals surface area contributed by atoms with E-state index in [1.54, 1.807) is 4.90 Å². The number of carbonyl (C=O) groups excluding carboxylic acids is 2. The zero-order valence-corrected chi connectivity index (χ0v) is 27.4. The standard InChI is InChI=1S/C34H39ClN8O4/c1-40-14-5-8-23(40)20-47-34-37-26-19-41(27-10-4-7-21-6-3-9-25(35)28(21)27)15-12-24(26)31(39-34)42-16-17-43(22(18-42)11-13-36)32(44)29-30(38-29)33(45)46-2/h3-4,6-7,9-10,22-23,29-30,38H,5,8,11-12,14-20H2,1-2H3/t22-,23-,29-,30+/m0/s1. The van der Waals surface area contributed by atoms with Gasteiger partial charge >= 0.3 is 12.0 Å². The zero-order valence-electron chi connectivity index (χ0n) is 26.7. The number of hydrogen-bond acceptors (Lipinski definition) is 11. The molecule has 3 aromatic rings. The summed E-state index contributed by atoms with van der Waals surface area (Å²) in [5.41, 5.74) is 3.02. The second-order valence-electron chi connectivity index (χ2n) is 12.8. The number of amides is 1. The van der Waals surface area contributed by atoms with Gasteiger partial charge < -0.3 is 29.1 Å². The van der Waals surface area contributed by atoms with Gasteiger partial charge in [-0.3, -0.25) is 14.9 Å². The molecule has 1 aromatic heterocycles. The number of hydrogen-bond donors (Lipinski definition) is 1. The van der Waals surface area contributed by atoms with Crippen LogP contribution in [-0.2, 0) is 27.3 Å². The molecular formula is C34H39ClN8O4. The SMILES string of the molecule is COC(=O)[C@@H]1N[C@@H]1C(=O)N1CCN(c2nc(OC[C@@H]3CCCN3C)nc3c2CCN(c2cccc4cccc(Cl)c24)C3)C[C@@H]1CC#N. The Balaban J connectivity index is 1.18. The molecule has 3 saturated heterocycles. The molecule has 7 rings (SSSR count). The van der Waals surface area contributed by atoms with Crippen LogP contribution >= 0.6 is 11.6 Å². The second kappa shape index (κ2) is 13.1. The lowest BCUT2D eigenvalue weighted by Gasteiger charge is -2.42. The van der Waals surface area contributed by atoms with Gasteiger partial charge in [0.25, 0.3) is 0 Å². The Morgan fingerprint density at radius 1 is 1.06 bits per heavy atom. The van der Waals surface area contributed by atoms with Crippen molar-refractivity contribution in [3.05, 3.63) is 52.7 Å². The Morgan fingerprint density at radius 2 is 1.89 bits per heavy atom. The highest BCUT2D eigenvalue weighted by atomic mass is 35.5. The van der Waals surface area contributed by atoms with Crippen LogP contribution < -0.4 is 19.9 Å². The predicted molar refractivity (Wildman–Crippen MR) is 178 cm³/mol. The maximum absolute atomic E-state index is 13.4. The number of halogens is 1. The van der Waals surface area contributed by atoms with Crippen LogP contribution in [0.25, 0.3) is 10.8 Å². The Hall–Kier alpha value is -4.18. The zero-order chi connectivity index (χ0) is 32.7. The lowest BCUT2D eigenvalue weighted by molar-refractivity contribution is -0.142. The first-order valence-corrected chi connectivity index (χ1v) is 16.6. The normalized spacial score (nSPS) is 24.2. The van der Waals surface area contributed by atoms with Crippen molar-refractivity contribution < 1.29 is 19.1 Å². The Kier molecular flexibility index (Phi) is 8.79. The van der Waals surface area contributed by atoms with Gasteiger partial charge in [-0.2, -0.15) is 15.2 Å². The minimum Gasteiger partial charge on any atom is -0.468 e. The first kappa shape index (κ1) is 31.4. The smallest absolute Gasteiger partial charge is 0.325 e. The summed E-state index contributed by atoms with van der Waals surface area (Å²) in [4.78, 5) is 43.9. The van der Waals surface area contributed by atoms with E-state index in [-0.39, 0.29) is 18.4 Å². The first-order chi connectivity index (χ1) is 22.9. The third kappa shape index (κ3) is 6.15. The summed E-state index contributed by atoms with van der Waals surface area (Å²) in [5.74, 6) is 0.161. The molecule has 4 aliphatic rings. The number of nitriles is 1. The molecule has 0 saturated carbocycles. The summed E-state index contributed by atoms with van der Waals surface area (Å²) >= 11 is 6.72. The van der Waals surface area contributed by atoms with Crippen molar-refractivity contribution in [2.75, 3.05) is 63.3 Å². The molecule has 1 N–H and O–H groups in total. The van der Waals surface area contributed by atoms with Crippen molar-refractivity contribution in [1.29, 1.82) is 5.26 Å². The average molecular weight is 659 g/mol. The van der Waals surface area contributed by atoms with Crippen LogP contribution in [0.15, 0.2) is 36.4 Å². The highest BCUT2D eigenvalue weighted by Gasteiger charge is 2.51. The van der Waals surface area contributed by atoms with E-state index in [0.717, 1.165) is 59.5 Å². The van der Waals surface area contributed by atoms with Gasteiger partial charge in [-0.25, -0.2) is 0 Å². The number of piperazine rings is 1. The minimum atomic E-state index is -0.639. The molecule has 12 nitrogen and oxygen atoms in total. The molecule has 0 unspecified atom stereocenters. The number of nitrogens with zero attached hydrogens (tertiary/aromatic N) is 7. The molecule has 0 spiro atoms. The van der Waals surface area contributed by atoms with Crippen LogP contribution in [0.5, 0.6) is 6.01 Å². The van der Waals surface area contributed by atoms with Crippen molar-refractivity contribution >= 4 is 45.8 Å². The van der Waals surface area contributed by atoms with Crippen LogP contribution in [0.2, 0.25) is 5.02 Å². The van der Waals surface area contributed by atoms with E-state index in [1.807, 2.05) is 12.1 Å². The second-order valence-corrected chi connectivity index (χ2v) is 13.2. The summed E-state index contributed by atoms with van der Waals surface area (Å²) in [6, 6.07) is 13.5. The van der Waals surface area contributed by atoms with Gasteiger partial charge in [-0.15, -0.1) is 0 Å². The fourth-order valence-electron chi connectivity index (χ4n) is 7.30. The number of likely N-dealkylation sites (N-methyl/N-ethyl adjacent to an activating group) is 1. The Bertz CT molecular complexity index is 1730. The molecule has 2 aromatic carbocycles. The van der Waals surface area contributed by atoms with Crippen LogP contribution in [0.1, 0.15) is 30.5 Å². The van der Waals surface area contributed by atoms with E-state index in [9.17, 15) is 14.9 Å². The largest absolute Gasteiger partial charge is 0.468 e. The van der Waals surface area contributed by atoms with Gasteiger partial charge in [-0.05, 0) is 50.4 Å². The molecule has 4 aliphatic heterocycles.